The molecule has 0 aromatic carbocycles. The van der Waals surface area contributed by atoms with E-state index in [9.17, 15) is 0 Å². The van der Waals surface area contributed by atoms with E-state index < -0.39 is 0 Å². The van der Waals surface area contributed by atoms with E-state index in [0.717, 1.165) is 26.3 Å². The van der Waals surface area contributed by atoms with Crippen LogP contribution < -0.4 is 5.32 Å². The highest BCUT2D eigenvalue weighted by atomic mass is 16.5. The van der Waals surface area contributed by atoms with Gasteiger partial charge in [-0.1, -0.05) is 41.0 Å². The Hall–Kier alpha value is -0.120. The first-order valence-electron chi connectivity index (χ1n) is 8.65. The van der Waals surface area contributed by atoms with Crippen LogP contribution in [0.5, 0.6) is 0 Å². The predicted octanol–water partition coefficient (Wildman–Crippen LogP) is 3.29. The minimum Gasteiger partial charge on any atom is -0.380 e. The minimum atomic E-state index is 0.314. The Balaban J connectivity index is 2.51. The van der Waals surface area contributed by atoms with Crippen LogP contribution in [0, 0.1) is 5.92 Å². The molecule has 1 saturated heterocycles. The number of ether oxygens (including phenoxy) is 1. The van der Waals surface area contributed by atoms with E-state index in [1.165, 1.54) is 32.2 Å². The van der Waals surface area contributed by atoms with E-state index in [1.807, 2.05) is 0 Å². The molecule has 1 unspecified atom stereocenters. The highest BCUT2D eigenvalue weighted by Crippen LogP contribution is 2.25. The summed E-state index contributed by atoms with van der Waals surface area (Å²) >= 11 is 0. The third-order valence-electron chi connectivity index (χ3n) is 4.95. The molecule has 1 atom stereocenters. The van der Waals surface area contributed by atoms with Crippen molar-refractivity contribution in [3.8, 4) is 0 Å². The summed E-state index contributed by atoms with van der Waals surface area (Å²) in [5.74, 6) is 0.699. The first-order valence-corrected chi connectivity index (χ1v) is 8.65. The van der Waals surface area contributed by atoms with Gasteiger partial charge in [0.15, 0.2) is 0 Å². The molecular weight excluding hydrogens is 248 g/mol. The van der Waals surface area contributed by atoms with Crippen molar-refractivity contribution in [3.05, 3.63) is 0 Å². The maximum atomic E-state index is 5.78. The number of nitrogens with zero attached hydrogens (tertiary/aromatic N) is 1. The predicted molar refractivity (Wildman–Crippen MR) is 87.2 cm³/mol. The molecule has 1 aliphatic heterocycles. The summed E-state index contributed by atoms with van der Waals surface area (Å²) in [4.78, 5) is 2.67. The lowest BCUT2D eigenvalue weighted by Gasteiger charge is -2.49. The standard InChI is InChI=1S/C17H36N2O/c1-6-9-11-20-12-10-19-14-17(7-2,8-3)18-13-16(19)15(4)5/h15-16,18H,6-14H2,1-5H3. The Labute approximate surface area is 126 Å². The van der Waals surface area contributed by atoms with Crippen LogP contribution in [0.2, 0.25) is 0 Å². The second kappa shape index (κ2) is 9.01. The van der Waals surface area contributed by atoms with E-state index in [0.29, 0.717) is 17.5 Å². The molecule has 0 amide bonds. The lowest BCUT2D eigenvalue weighted by molar-refractivity contribution is 0.0214. The molecule has 3 nitrogen and oxygen atoms in total. The molecule has 1 N–H and O–H groups in total. The molecule has 1 aliphatic rings. The van der Waals surface area contributed by atoms with Crippen LogP contribution in [-0.2, 0) is 4.74 Å². The molecule has 1 fully saturated rings. The van der Waals surface area contributed by atoms with Gasteiger partial charge in [-0.15, -0.1) is 0 Å². The Morgan fingerprint density at radius 1 is 1.20 bits per heavy atom. The average Bonchev–Trinajstić information content (AvgIpc) is 2.46. The smallest absolute Gasteiger partial charge is 0.0593 e. The molecule has 1 heterocycles. The first-order chi connectivity index (χ1) is 9.58. The van der Waals surface area contributed by atoms with Gasteiger partial charge in [0, 0.05) is 37.8 Å². The van der Waals surface area contributed by atoms with Crippen molar-refractivity contribution in [2.75, 3.05) is 32.8 Å². The Kier molecular flexibility index (Phi) is 8.08. The number of hydrogen-bond donors (Lipinski definition) is 1. The summed E-state index contributed by atoms with van der Waals surface area (Å²) < 4.78 is 5.78. The van der Waals surface area contributed by atoms with Crippen LogP contribution in [0.4, 0.5) is 0 Å². The molecular formula is C17H36N2O. The Morgan fingerprint density at radius 3 is 2.45 bits per heavy atom. The van der Waals surface area contributed by atoms with E-state index in [-0.39, 0.29) is 0 Å². The number of unbranched alkanes of at least 4 members (excludes halogenated alkanes) is 1. The van der Waals surface area contributed by atoms with Gasteiger partial charge < -0.3 is 10.1 Å². The van der Waals surface area contributed by atoms with Crippen molar-refractivity contribution < 1.29 is 4.74 Å². The van der Waals surface area contributed by atoms with Crippen LogP contribution in [0.3, 0.4) is 0 Å². The minimum absolute atomic E-state index is 0.314. The van der Waals surface area contributed by atoms with E-state index >= 15 is 0 Å². The van der Waals surface area contributed by atoms with Crippen LogP contribution >= 0.6 is 0 Å². The third kappa shape index (κ3) is 5.01. The zero-order valence-corrected chi connectivity index (χ0v) is 14.4. The van der Waals surface area contributed by atoms with Gasteiger partial charge in [-0.05, 0) is 25.2 Å². The highest BCUT2D eigenvalue weighted by molar-refractivity contribution is 4.97. The fourth-order valence-electron chi connectivity index (χ4n) is 3.17. The van der Waals surface area contributed by atoms with Gasteiger partial charge >= 0.3 is 0 Å². The van der Waals surface area contributed by atoms with Gasteiger partial charge in [0.1, 0.15) is 0 Å². The van der Waals surface area contributed by atoms with E-state index in [1.54, 1.807) is 0 Å². The van der Waals surface area contributed by atoms with Crippen LogP contribution in [0.1, 0.15) is 60.3 Å². The molecule has 3 heteroatoms. The molecule has 0 aromatic rings. The third-order valence-corrected chi connectivity index (χ3v) is 4.95. The lowest BCUT2D eigenvalue weighted by Crippen LogP contribution is -2.65. The number of hydrogen-bond acceptors (Lipinski definition) is 3. The fraction of sp³-hybridized carbons (Fsp3) is 1.00. The average molecular weight is 284 g/mol. The zero-order valence-electron chi connectivity index (χ0n) is 14.4. The summed E-state index contributed by atoms with van der Waals surface area (Å²) in [6.07, 6.45) is 4.82. The quantitative estimate of drug-likeness (QED) is 0.658. The van der Waals surface area contributed by atoms with E-state index in [4.69, 9.17) is 4.74 Å². The summed E-state index contributed by atoms with van der Waals surface area (Å²) in [7, 11) is 0. The number of piperazine rings is 1. The lowest BCUT2D eigenvalue weighted by atomic mass is 9.86. The van der Waals surface area contributed by atoms with Crippen molar-refractivity contribution in [2.45, 2.75) is 71.9 Å². The molecule has 0 aromatic heterocycles. The fourth-order valence-corrected chi connectivity index (χ4v) is 3.17. The maximum absolute atomic E-state index is 5.78. The summed E-state index contributed by atoms with van der Waals surface area (Å²) in [6.45, 7) is 16.7. The molecule has 0 spiro atoms. The maximum Gasteiger partial charge on any atom is 0.0593 e. The molecule has 0 bridgehead atoms. The van der Waals surface area contributed by atoms with E-state index in [2.05, 4.69) is 44.8 Å². The summed E-state index contributed by atoms with van der Waals surface area (Å²) in [5.41, 5.74) is 0.314. The molecule has 0 saturated carbocycles. The van der Waals surface area contributed by atoms with Crippen LogP contribution in [0.15, 0.2) is 0 Å². The van der Waals surface area contributed by atoms with Gasteiger partial charge in [-0.3, -0.25) is 4.90 Å². The first kappa shape index (κ1) is 17.9. The van der Waals surface area contributed by atoms with Crippen molar-refractivity contribution in [3.63, 3.8) is 0 Å². The molecule has 120 valence electrons. The van der Waals surface area contributed by atoms with Gasteiger partial charge in [0.25, 0.3) is 0 Å². The van der Waals surface area contributed by atoms with Crippen molar-refractivity contribution >= 4 is 0 Å². The normalized spacial score (nSPS) is 23.4. The SMILES string of the molecule is CCCCOCCN1CC(CC)(CC)NCC1C(C)C. The van der Waals surface area contributed by atoms with Gasteiger partial charge in [0.05, 0.1) is 6.61 Å². The highest BCUT2D eigenvalue weighted by Gasteiger charge is 2.37. The second-order valence-electron chi connectivity index (χ2n) is 6.62. The molecule has 0 aliphatic carbocycles. The topological polar surface area (TPSA) is 24.5 Å². The monoisotopic (exact) mass is 284 g/mol. The Morgan fingerprint density at radius 2 is 1.90 bits per heavy atom. The Bertz CT molecular complexity index is 251. The van der Waals surface area contributed by atoms with Crippen molar-refractivity contribution in [1.82, 2.24) is 10.2 Å². The van der Waals surface area contributed by atoms with Crippen molar-refractivity contribution in [2.24, 2.45) is 5.92 Å². The summed E-state index contributed by atoms with van der Waals surface area (Å²) in [5, 5.41) is 3.82. The van der Waals surface area contributed by atoms with Crippen LogP contribution in [-0.4, -0.2) is 49.3 Å². The molecule has 1 rings (SSSR count). The van der Waals surface area contributed by atoms with Gasteiger partial charge in [0.2, 0.25) is 0 Å². The number of rotatable bonds is 9. The van der Waals surface area contributed by atoms with Crippen LogP contribution in [0.25, 0.3) is 0 Å². The number of nitrogens with one attached hydrogen (secondary N) is 1. The zero-order chi connectivity index (χ0) is 15.0. The van der Waals surface area contributed by atoms with Crippen molar-refractivity contribution in [1.29, 1.82) is 0 Å². The largest absolute Gasteiger partial charge is 0.380 e. The second-order valence-corrected chi connectivity index (χ2v) is 6.62. The van der Waals surface area contributed by atoms with Gasteiger partial charge in [-0.25, -0.2) is 0 Å². The molecule has 20 heavy (non-hydrogen) atoms. The molecule has 0 radical (unpaired) electrons. The summed E-state index contributed by atoms with van der Waals surface area (Å²) in [6, 6.07) is 0.649. The van der Waals surface area contributed by atoms with Gasteiger partial charge in [-0.2, -0.15) is 0 Å².